The first-order chi connectivity index (χ1) is 30.7. The first kappa shape index (κ1) is 38.5. The number of benzene rings is 9. The van der Waals surface area contributed by atoms with E-state index in [1.807, 2.05) is 0 Å². The van der Waals surface area contributed by atoms with Crippen molar-refractivity contribution >= 4 is 28.4 Å². The number of para-hydroxylation sites is 2. The first-order valence-electron chi connectivity index (χ1n) is 22.2. The van der Waals surface area contributed by atoms with E-state index in [4.69, 9.17) is 0 Å². The molecule has 11 rings (SSSR count). The quantitative estimate of drug-likeness (QED) is 0.143. The molecule has 0 saturated carbocycles. The largest absolute Gasteiger partial charge is 0.337 e. The number of rotatable bonds is 9. The zero-order chi connectivity index (χ0) is 42.7. The first-order valence-corrected chi connectivity index (χ1v) is 22.2. The molecule has 2 aliphatic rings. The van der Waals surface area contributed by atoms with E-state index in [1.165, 1.54) is 83.7 Å². The molecule has 0 aromatic heterocycles. The van der Waals surface area contributed by atoms with Crippen LogP contribution < -0.4 is 9.80 Å². The standard InChI is InChI=1S/C61H50N2/c1-60(2)56-21-13-11-19-52(56)54-37-35-50(39-58(54)60)62(47-15-7-5-8-16-47)41-42-23-25-43(26-24-42)44-27-29-45(30-28-44)46-31-33-49(34-32-46)63(48-17-9-6-10-18-48)51-36-38-55-53-20-12-14-22-57(53)61(3,4)59(55)40-51/h5-40H,41H2,1-4H3. The predicted octanol–water partition coefficient (Wildman–Crippen LogP) is 16.4. The summed E-state index contributed by atoms with van der Waals surface area (Å²) in [6, 6.07) is 80.3. The van der Waals surface area contributed by atoms with E-state index < -0.39 is 0 Å². The lowest BCUT2D eigenvalue weighted by Crippen LogP contribution is -2.19. The van der Waals surface area contributed by atoms with Crippen molar-refractivity contribution in [3.8, 4) is 44.5 Å². The third kappa shape index (κ3) is 6.65. The number of hydrogen-bond donors (Lipinski definition) is 0. The Bertz CT molecular complexity index is 3110. The van der Waals surface area contributed by atoms with Gasteiger partial charge in [0.15, 0.2) is 0 Å². The fourth-order valence-electron chi connectivity index (χ4n) is 10.3. The molecular weight excluding hydrogens is 761 g/mol. The molecular formula is C61H50N2. The summed E-state index contributed by atoms with van der Waals surface area (Å²) in [6.07, 6.45) is 0. The van der Waals surface area contributed by atoms with E-state index in [2.05, 4.69) is 256 Å². The van der Waals surface area contributed by atoms with Crippen molar-refractivity contribution in [3.05, 3.63) is 246 Å². The van der Waals surface area contributed by atoms with E-state index in [0.29, 0.717) is 0 Å². The highest BCUT2D eigenvalue weighted by molar-refractivity contribution is 5.87. The molecule has 63 heavy (non-hydrogen) atoms. The summed E-state index contributed by atoms with van der Waals surface area (Å²) in [6.45, 7) is 10.2. The molecule has 2 heteroatoms. The molecule has 0 unspecified atom stereocenters. The summed E-state index contributed by atoms with van der Waals surface area (Å²) in [5, 5.41) is 0. The lowest BCUT2D eigenvalue weighted by Gasteiger charge is -2.28. The fourth-order valence-corrected chi connectivity index (χ4v) is 10.3. The van der Waals surface area contributed by atoms with Gasteiger partial charge in [0.05, 0.1) is 0 Å². The van der Waals surface area contributed by atoms with Crippen molar-refractivity contribution in [1.29, 1.82) is 0 Å². The Balaban J connectivity index is 0.834. The second-order valence-corrected chi connectivity index (χ2v) is 18.2. The van der Waals surface area contributed by atoms with Crippen LogP contribution in [-0.2, 0) is 17.4 Å². The van der Waals surface area contributed by atoms with Gasteiger partial charge in [-0.2, -0.15) is 0 Å². The van der Waals surface area contributed by atoms with Gasteiger partial charge in [0.25, 0.3) is 0 Å². The van der Waals surface area contributed by atoms with Crippen molar-refractivity contribution in [2.75, 3.05) is 9.80 Å². The van der Waals surface area contributed by atoms with E-state index in [9.17, 15) is 0 Å². The van der Waals surface area contributed by atoms with Crippen LogP contribution in [0.4, 0.5) is 28.4 Å². The summed E-state index contributed by atoms with van der Waals surface area (Å²) < 4.78 is 0. The zero-order valence-electron chi connectivity index (χ0n) is 36.4. The highest BCUT2D eigenvalue weighted by atomic mass is 15.1. The Morgan fingerprint density at radius 3 is 1.19 bits per heavy atom. The van der Waals surface area contributed by atoms with E-state index in [0.717, 1.165) is 23.6 Å². The van der Waals surface area contributed by atoms with Gasteiger partial charge in [0.1, 0.15) is 0 Å². The second-order valence-electron chi connectivity index (χ2n) is 18.2. The van der Waals surface area contributed by atoms with E-state index in [-0.39, 0.29) is 10.8 Å². The van der Waals surface area contributed by atoms with E-state index >= 15 is 0 Å². The van der Waals surface area contributed by atoms with Crippen LogP contribution in [-0.4, -0.2) is 0 Å². The number of fused-ring (bicyclic) bond motifs is 6. The molecule has 2 aliphatic carbocycles. The molecule has 9 aromatic carbocycles. The zero-order valence-corrected chi connectivity index (χ0v) is 36.4. The Morgan fingerprint density at radius 2 is 0.667 bits per heavy atom. The molecule has 0 N–H and O–H groups in total. The van der Waals surface area contributed by atoms with Gasteiger partial charge >= 0.3 is 0 Å². The molecule has 2 nitrogen and oxygen atoms in total. The van der Waals surface area contributed by atoms with Crippen LogP contribution >= 0.6 is 0 Å². The molecule has 0 fully saturated rings. The minimum Gasteiger partial charge on any atom is -0.337 e. The number of hydrogen-bond acceptors (Lipinski definition) is 2. The summed E-state index contributed by atoms with van der Waals surface area (Å²) in [5.74, 6) is 0. The van der Waals surface area contributed by atoms with Crippen LogP contribution in [0, 0.1) is 0 Å². The molecule has 9 aromatic rings. The molecule has 0 radical (unpaired) electrons. The van der Waals surface area contributed by atoms with Crippen LogP contribution in [0.3, 0.4) is 0 Å². The Kier molecular flexibility index (Phi) is 9.28. The third-order valence-electron chi connectivity index (χ3n) is 13.8. The number of anilines is 5. The number of nitrogens with zero attached hydrogens (tertiary/aromatic N) is 2. The normalized spacial score (nSPS) is 13.7. The smallest absolute Gasteiger partial charge is 0.0481 e. The van der Waals surface area contributed by atoms with Crippen LogP contribution in [0.5, 0.6) is 0 Å². The second kappa shape index (κ2) is 15.2. The Labute approximate surface area is 372 Å². The van der Waals surface area contributed by atoms with Gasteiger partial charge in [0, 0.05) is 45.8 Å². The highest BCUT2D eigenvalue weighted by Crippen LogP contribution is 2.52. The summed E-state index contributed by atoms with van der Waals surface area (Å²) in [4.78, 5) is 4.82. The molecule has 304 valence electrons. The Morgan fingerprint density at radius 1 is 0.302 bits per heavy atom. The molecule has 0 heterocycles. The van der Waals surface area contributed by atoms with Gasteiger partial charge in [-0.15, -0.1) is 0 Å². The van der Waals surface area contributed by atoms with Crippen molar-refractivity contribution in [1.82, 2.24) is 0 Å². The van der Waals surface area contributed by atoms with Gasteiger partial charge in [-0.1, -0.05) is 185 Å². The molecule has 0 aliphatic heterocycles. The van der Waals surface area contributed by atoms with Crippen LogP contribution in [0.25, 0.3) is 44.5 Å². The molecule has 0 saturated heterocycles. The maximum Gasteiger partial charge on any atom is 0.0481 e. The van der Waals surface area contributed by atoms with Gasteiger partial charge in [-0.3, -0.25) is 0 Å². The van der Waals surface area contributed by atoms with Crippen molar-refractivity contribution in [2.24, 2.45) is 0 Å². The van der Waals surface area contributed by atoms with Crippen LogP contribution in [0.15, 0.2) is 218 Å². The van der Waals surface area contributed by atoms with Crippen molar-refractivity contribution in [3.63, 3.8) is 0 Å². The minimum atomic E-state index is -0.0686. The maximum absolute atomic E-state index is 2.44. The SMILES string of the molecule is CC1(C)c2ccccc2-c2ccc(N(Cc3ccc(-c4ccc(-c5ccc(N(c6ccccc6)c6ccc7c(c6)C(C)(C)c6ccccc6-7)cc5)cc4)cc3)c3ccccc3)cc21. The summed E-state index contributed by atoms with van der Waals surface area (Å²) >= 11 is 0. The third-order valence-corrected chi connectivity index (χ3v) is 13.8. The maximum atomic E-state index is 2.44. The summed E-state index contributed by atoms with van der Waals surface area (Å²) in [7, 11) is 0. The minimum absolute atomic E-state index is 0.0521. The lowest BCUT2D eigenvalue weighted by atomic mass is 9.82. The average molecular weight is 811 g/mol. The monoisotopic (exact) mass is 810 g/mol. The van der Waals surface area contributed by atoms with Gasteiger partial charge in [0.2, 0.25) is 0 Å². The topological polar surface area (TPSA) is 6.48 Å². The Hall–Kier alpha value is -7.42. The molecule has 0 spiro atoms. The predicted molar refractivity (Wildman–Crippen MR) is 266 cm³/mol. The van der Waals surface area contributed by atoms with E-state index in [1.54, 1.807) is 0 Å². The molecule has 0 atom stereocenters. The van der Waals surface area contributed by atoms with Gasteiger partial charge in [-0.25, -0.2) is 0 Å². The van der Waals surface area contributed by atoms with Gasteiger partial charge in [-0.05, 0) is 133 Å². The van der Waals surface area contributed by atoms with Gasteiger partial charge < -0.3 is 9.80 Å². The highest BCUT2D eigenvalue weighted by Gasteiger charge is 2.37. The average Bonchev–Trinajstić information content (AvgIpc) is 3.71. The lowest BCUT2D eigenvalue weighted by molar-refractivity contribution is 0.660. The fraction of sp³-hybridized carbons (Fsp3) is 0.115. The van der Waals surface area contributed by atoms with Crippen molar-refractivity contribution in [2.45, 2.75) is 45.1 Å². The summed E-state index contributed by atoms with van der Waals surface area (Å²) in [5.41, 5.74) is 22.7. The molecule has 0 bridgehead atoms. The molecule has 0 amide bonds. The van der Waals surface area contributed by atoms with Crippen LogP contribution in [0.1, 0.15) is 55.5 Å². The van der Waals surface area contributed by atoms with Crippen molar-refractivity contribution < 1.29 is 0 Å². The van der Waals surface area contributed by atoms with Crippen LogP contribution in [0.2, 0.25) is 0 Å².